The fourth-order valence-corrected chi connectivity index (χ4v) is 1.24. The second-order valence-corrected chi connectivity index (χ2v) is 3.27. The van der Waals surface area contributed by atoms with E-state index in [9.17, 15) is 4.79 Å². The van der Waals surface area contributed by atoms with Crippen LogP contribution in [0.5, 0.6) is 0 Å². The quantitative estimate of drug-likeness (QED) is 0.464. The van der Waals surface area contributed by atoms with Gasteiger partial charge in [-0.05, 0) is 26.2 Å². The van der Waals surface area contributed by atoms with Crippen LogP contribution in [0.15, 0.2) is 12.2 Å². The SMILES string of the molecule is C/C=C/CCCCCCCC(=O)O. The van der Waals surface area contributed by atoms with Gasteiger partial charge in [0.2, 0.25) is 0 Å². The Labute approximate surface area is 80.7 Å². The topological polar surface area (TPSA) is 37.3 Å². The molecule has 0 fully saturated rings. The van der Waals surface area contributed by atoms with E-state index in [1.165, 1.54) is 19.3 Å². The lowest BCUT2D eigenvalue weighted by Crippen LogP contribution is -1.93. The lowest BCUT2D eigenvalue weighted by Gasteiger charge is -1.97. The minimum absolute atomic E-state index is 0.328. The number of carboxylic acids is 1. The molecule has 0 saturated heterocycles. The highest BCUT2D eigenvalue weighted by atomic mass is 16.4. The predicted octanol–water partition coefficient (Wildman–Crippen LogP) is 3.38. The van der Waals surface area contributed by atoms with Crippen molar-refractivity contribution in [3.05, 3.63) is 12.2 Å². The van der Waals surface area contributed by atoms with Crippen molar-refractivity contribution in [3.63, 3.8) is 0 Å². The van der Waals surface area contributed by atoms with Gasteiger partial charge < -0.3 is 5.11 Å². The molecule has 0 unspecified atom stereocenters. The van der Waals surface area contributed by atoms with Crippen molar-refractivity contribution in [3.8, 4) is 0 Å². The van der Waals surface area contributed by atoms with Gasteiger partial charge in [0.15, 0.2) is 0 Å². The summed E-state index contributed by atoms with van der Waals surface area (Å²) in [5, 5.41) is 8.38. The first-order valence-electron chi connectivity index (χ1n) is 5.10. The van der Waals surface area contributed by atoms with Crippen LogP contribution in [0.4, 0.5) is 0 Å². The number of allylic oxidation sites excluding steroid dienone is 2. The molecule has 1 N–H and O–H groups in total. The molecule has 2 nitrogen and oxygen atoms in total. The van der Waals surface area contributed by atoms with Crippen LogP contribution in [0.3, 0.4) is 0 Å². The van der Waals surface area contributed by atoms with Crippen molar-refractivity contribution in [2.45, 2.75) is 51.9 Å². The first kappa shape index (κ1) is 12.2. The molecule has 2 heteroatoms. The third-order valence-corrected chi connectivity index (χ3v) is 2.00. The van der Waals surface area contributed by atoms with Crippen molar-refractivity contribution in [2.24, 2.45) is 0 Å². The van der Waals surface area contributed by atoms with Gasteiger partial charge in [0.25, 0.3) is 0 Å². The summed E-state index contributed by atoms with van der Waals surface area (Å²) in [5.41, 5.74) is 0. The number of aliphatic carboxylic acids is 1. The number of carboxylic acid groups (broad SMARTS) is 1. The van der Waals surface area contributed by atoms with Gasteiger partial charge in [-0.25, -0.2) is 0 Å². The molecule has 0 bridgehead atoms. The third-order valence-electron chi connectivity index (χ3n) is 2.00. The Kier molecular flexibility index (Phi) is 8.73. The monoisotopic (exact) mass is 184 g/mol. The Bertz CT molecular complexity index is 150. The minimum atomic E-state index is -0.672. The fourth-order valence-electron chi connectivity index (χ4n) is 1.24. The van der Waals surface area contributed by atoms with E-state index in [1.54, 1.807) is 0 Å². The maximum absolute atomic E-state index is 10.2. The summed E-state index contributed by atoms with van der Waals surface area (Å²) >= 11 is 0. The van der Waals surface area contributed by atoms with E-state index in [1.807, 2.05) is 6.92 Å². The van der Waals surface area contributed by atoms with Crippen LogP contribution in [0.1, 0.15) is 51.9 Å². The van der Waals surface area contributed by atoms with Crippen molar-refractivity contribution in [2.75, 3.05) is 0 Å². The largest absolute Gasteiger partial charge is 0.481 e. The van der Waals surface area contributed by atoms with E-state index >= 15 is 0 Å². The number of rotatable bonds is 8. The second kappa shape index (κ2) is 9.30. The standard InChI is InChI=1S/C11H20O2/c1-2-3-4-5-6-7-8-9-10-11(12)13/h2-3H,4-10H2,1H3,(H,12,13)/b3-2+. The normalized spacial score (nSPS) is 10.8. The average molecular weight is 184 g/mol. The van der Waals surface area contributed by atoms with E-state index < -0.39 is 5.97 Å². The Morgan fingerprint density at radius 1 is 1.15 bits per heavy atom. The van der Waals surface area contributed by atoms with Crippen LogP contribution in [-0.4, -0.2) is 11.1 Å². The molecule has 0 rings (SSSR count). The van der Waals surface area contributed by atoms with Crippen LogP contribution >= 0.6 is 0 Å². The third kappa shape index (κ3) is 11.2. The smallest absolute Gasteiger partial charge is 0.303 e. The molecule has 0 aliphatic rings. The molecule has 0 aromatic rings. The van der Waals surface area contributed by atoms with Gasteiger partial charge in [0.05, 0.1) is 0 Å². The Morgan fingerprint density at radius 2 is 1.77 bits per heavy atom. The van der Waals surface area contributed by atoms with Crippen molar-refractivity contribution >= 4 is 5.97 Å². The van der Waals surface area contributed by atoms with Gasteiger partial charge in [0.1, 0.15) is 0 Å². The van der Waals surface area contributed by atoms with Crippen LogP contribution in [0.25, 0.3) is 0 Å². The first-order valence-corrected chi connectivity index (χ1v) is 5.10. The first-order chi connectivity index (χ1) is 6.27. The Morgan fingerprint density at radius 3 is 2.38 bits per heavy atom. The number of hydrogen-bond acceptors (Lipinski definition) is 1. The zero-order valence-corrected chi connectivity index (χ0v) is 8.46. The molecule has 13 heavy (non-hydrogen) atoms. The van der Waals surface area contributed by atoms with Crippen LogP contribution in [-0.2, 0) is 4.79 Å². The summed E-state index contributed by atoms with van der Waals surface area (Å²) in [6.07, 6.45) is 11.3. The molecule has 0 aliphatic heterocycles. The lowest BCUT2D eigenvalue weighted by atomic mass is 10.1. The molecular formula is C11H20O2. The van der Waals surface area contributed by atoms with Crippen molar-refractivity contribution in [1.82, 2.24) is 0 Å². The van der Waals surface area contributed by atoms with E-state index in [2.05, 4.69) is 12.2 Å². The van der Waals surface area contributed by atoms with Crippen LogP contribution in [0.2, 0.25) is 0 Å². The van der Waals surface area contributed by atoms with Gasteiger partial charge in [-0.3, -0.25) is 4.79 Å². The molecule has 0 radical (unpaired) electrons. The molecule has 76 valence electrons. The highest BCUT2D eigenvalue weighted by molar-refractivity contribution is 5.66. The highest BCUT2D eigenvalue weighted by Gasteiger charge is 1.95. The predicted molar refractivity (Wildman–Crippen MR) is 54.8 cm³/mol. The van der Waals surface area contributed by atoms with E-state index in [-0.39, 0.29) is 0 Å². The second-order valence-electron chi connectivity index (χ2n) is 3.27. The van der Waals surface area contributed by atoms with Gasteiger partial charge in [-0.2, -0.15) is 0 Å². The molecule has 0 atom stereocenters. The Hall–Kier alpha value is -0.790. The summed E-state index contributed by atoms with van der Waals surface area (Å²) in [7, 11) is 0. The summed E-state index contributed by atoms with van der Waals surface area (Å²) in [5.74, 6) is -0.672. The van der Waals surface area contributed by atoms with Gasteiger partial charge in [0, 0.05) is 6.42 Å². The zero-order valence-electron chi connectivity index (χ0n) is 8.46. The van der Waals surface area contributed by atoms with Gasteiger partial charge >= 0.3 is 5.97 Å². The maximum Gasteiger partial charge on any atom is 0.303 e. The summed E-state index contributed by atoms with van der Waals surface area (Å²) in [6, 6.07) is 0. The molecule has 0 spiro atoms. The van der Waals surface area contributed by atoms with E-state index in [0.717, 1.165) is 19.3 Å². The van der Waals surface area contributed by atoms with E-state index in [0.29, 0.717) is 6.42 Å². The number of hydrogen-bond donors (Lipinski definition) is 1. The number of carbonyl (C=O) groups is 1. The molecular weight excluding hydrogens is 164 g/mol. The number of unbranched alkanes of at least 4 members (excludes halogenated alkanes) is 5. The van der Waals surface area contributed by atoms with Gasteiger partial charge in [-0.15, -0.1) is 0 Å². The van der Waals surface area contributed by atoms with Crippen molar-refractivity contribution in [1.29, 1.82) is 0 Å². The van der Waals surface area contributed by atoms with Crippen molar-refractivity contribution < 1.29 is 9.90 Å². The molecule has 0 heterocycles. The molecule has 0 saturated carbocycles. The fraction of sp³-hybridized carbons (Fsp3) is 0.727. The Balaban J connectivity index is 2.95. The molecule has 0 aromatic carbocycles. The highest BCUT2D eigenvalue weighted by Crippen LogP contribution is 2.07. The van der Waals surface area contributed by atoms with Gasteiger partial charge in [-0.1, -0.05) is 31.4 Å². The summed E-state index contributed by atoms with van der Waals surface area (Å²) in [6.45, 7) is 2.03. The zero-order chi connectivity index (χ0) is 9.94. The maximum atomic E-state index is 10.2. The molecule has 0 aromatic heterocycles. The minimum Gasteiger partial charge on any atom is -0.481 e. The van der Waals surface area contributed by atoms with E-state index in [4.69, 9.17) is 5.11 Å². The molecule has 0 amide bonds. The molecule has 0 aliphatic carbocycles. The average Bonchev–Trinajstić information content (AvgIpc) is 2.09. The summed E-state index contributed by atoms with van der Waals surface area (Å²) in [4.78, 5) is 10.2. The lowest BCUT2D eigenvalue weighted by molar-refractivity contribution is -0.137. The van der Waals surface area contributed by atoms with Crippen LogP contribution in [0, 0.1) is 0 Å². The summed E-state index contributed by atoms with van der Waals surface area (Å²) < 4.78 is 0. The van der Waals surface area contributed by atoms with Crippen LogP contribution < -0.4 is 0 Å².